The van der Waals surface area contributed by atoms with Crippen LogP contribution in [0.4, 0.5) is 5.69 Å². The summed E-state index contributed by atoms with van der Waals surface area (Å²) in [6.45, 7) is 1.98. The lowest BCUT2D eigenvalue weighted by Gasteiger charge is -2.25. The summed E-state index contributed by atoms with van der Waals surface area (Å²) in [5.74, 6) is -0.163. The number of halogens is 1. The third-order valence-corrected chi connectivity index (χ3v) is 4.47. The molecular weight excluding hydrogens is 280 g/mol. The molecule has 0 aliphatic carbocycles. The topological polar surface area (TPSA) is 46.3 Å². The maximum atomic E-state index is 12.5. The van der Waals surface area contributed by atoms with Gasteiger partial charge in [0, 0.05) is 17.6 Å². The molecule has 2 aromatic rings. The van der Waals surface area contributed by atoms with E-state index in [4.69, 9.17) is 17.3 Å². The van der Waals surface area contributed by atoms with Crippen molar-refractivity contribution in [1.82, 2.24) is 4.90 Å². The van der Waals surface area contributed by atoms with Gasteiger partial charge in [-0.25, -0.2) is 0 Å². The van der Waals surface area contributed by atoms with Gasteiger partial charge >= 0.3 is 0 Å². The molecule has 0 spiro atoms. The van der Waals surface area contributed by atoms with Crippen molar-refractivity contribution in [3.8, 4) is 0 Å². The summed E-state index contributed by atoms with van der Waals surface area (Å²) in [5, 5.41) is 2.38. The van der Waals surface area contributed by atoms with Crippen molar-refractivity contribution in [1.29, 1.82) is 0 Å². The van der Waals surface area contributed by atoms with Gasteiger partial charge in [-0.3, -0.25) is 4.79 Å². The standard InChI is InChI=1S/C14H15ClN2OS/c1-9(12-7-4-8-19-12)17(2)14(18)13-10(15)5-3-6-11(13)16/h3-9H,16H2,1-2H3. The highest BCUT2D eigenvalue weighted by molar-refractivity contribution is 7.10. The molecule has 1 atom stereocenters. The lowest BCUT2D eigenvalue weighted by molar-refractivity contribution is 0.0746. The number of thiophene rings is 1. The molecule has 0 saturated heterocycles. The molecule has 0 saturated carbocycles. The van der Waals surface area contributed by atoms with Crippen LogP contribution < -0.4 is 5.73 Å². The second-order valence-electron chi connectivity index (χ2n) is 4.31. The number of carbonyl (C=O) groups is 1. The Hall–Kier alpha value is -1.52. The van der Waals surface area contributed by atoms with Crippen molar-refractivity contribution in [3.63, 3.8) is 0 Å². The van der Waals surface area contributed by atoms with E-state index < -0.39 is 0 Å². The number of nitrogens with zero attached hydrogens (tertiary/aromatic N) is 1. The van der Waals surface area contributed by atoms with Gasteiger partial charge in [0.15, 0.2) is 0 Å². The molecule has 3 nitrogen and oxygen atoms in total. The van der Waals surface area contributed by atoms with E-state index in [9.17, 15) is 4.79 Å². The lowest BCUT2D eigenvalue weighted by atomic mass is 10.1. The minimum atomic E-state index is -0.163. The maximum absolute atomic E-state index is 12.5. The Morgan fingerprint density at radius 2 is 2.11 bits per heavy atom. The Morgan fingerprint density at radius 1 is 1.37 bits per heavy atom. The molecular formula is C14H15ClN2OS. The zero-order chi connectivity index (χ0) is 14.0. The molecule has 100 valence electrons. The van der Waals surface area contributed by atoms with E-state index in [2.05, 4.69) is 0 Å². The number of hydrogen-bond acceptors (Lipinski definition) is 3. The minimum Gasteiger partial charge on any atom is -0.398 e. The summed E-state index contributed by atoms with van der Waals surface area (Å²) in [5.41, 5.74) is 6.63. The SMILES string of the molecule is CC(c1cccs1)N(C)C(=O)c1c(N)cccc1Cl. The summed E-state index contributed by atoms with van der Waals surface area (Å²) in [6.07, 6.45) is 0. The van der Waals surface area contributed by atoms with Crippen LogP contribution in [-0.4, -0.2) is 17.9 Å². The number of benzene rings is 1. The summed E-state index contributed by atoms with van der Waals surface area (Å²) >= 11 is 7.70. The van der Waals surface area contributed by atoms with Gasteiger partial charge in [0.05, 0.1) is 16.6 Å². The van der Waals surface area contributed by atoms with Crippen LogP contribution in [0.5, 0.6) is 0 Å². The first-order chi connectivity index (χ1) is 9.02. The van der Waals surface area contributed by atoms with Crippen LogP contribution in [0.3, 0.4) is 0 Å². The van der Waals surface area contributed by atoms with Gasteiger partial charge in [0.25, 0.3) is 5.91 Å². The van der Waals surface area contributed by atoms with Crippen molar-refractivity contribution >= 4 is 34.5 Å². The second-order valence-corrected chi connectivity index (χ2v) is 5.70. The molecule has 0 radical (unpaired) electrons. The second kappa shape index (κ2) is 5.63. The largest absolute Gasteiger partial charge is 0.398 e. The van der Waals surface area contributed by atoms with Crippen LogP contribution in [0.25, 0.3) is 0 Å². The number of rotatable bonds is 3. The smallest absolute Gasteiger partial charge is 0.257 e. The minimum absolute atomic E-state index is 0.0110. The quantitative estimate of drug-likeness (QED) is 0.875. The fourth-order valence-corrected chi connectivity index (χ4v) is 2.93. The molecule has 1 aromatic carbocycles. The van der Waals surface area contributed by atoms with Crippen LogP contribution >= 0.6 is 22.9 Å². The molecule has 2 rings (SSSR count). The molecule has 0 aliphatic heterocycles. The van der Waals surface area contributed by atoms with Gasteiger partial charge in [-0.05, 0) is 30.5 Å². The molecule has 0 fully saturated rings. The van der Waals surface area contributed by atoms with Gasteiger partial charge in [-0.1, -0.05) is 23.7 Å². The number of anilines is 1. The Morgan fingerprint density at radius 3 is 2.68 bits per heavy atom. The molecule has 1 unspecified atom stereocenters. The number of nitrogens with two attached hydrogens (primary N) is 1. The fraction of sp³-hybridized carbons (Fsp3) is 0.214. The Labute approximate surface area is 121 Å². The number of carbonyl (C=O) groups excluding carboxylic acids is 1. The van der Waals surface area contributed by atoms with E-state index in [0.29, 0.717) is 16.3 Å². The van der Waals surface area contributed by atoms with Crippen LogP contribution in [-0.2, 0) is 0 Å². The molecule has 0 aliphatic rings. The zero-order valence-corrected chi connectivity index (χ0v) is 12.3. The average Bonchev–Trinajstić information content (AvgIpc) is 2.90. The van der Waals surface area contributed by atoms with Gasteiger partial charge in [-0.15, -0.1) is 11.3 Å². The van der Waals surface area contributed by atoms with Crippen molar-refractivity contribution in [2.75, 3.05) is 12.8 Å². The van der Waals surface area contributed by atoms with E-state index in [-0.39, 0.29) is 11.9 Å². The third kappa shape index (κ3) is 2.74. The van der Waals surface area contributed by atoms with Gasteiger partial charge in [0.2, 0.25) is 0 Å². The van der Waals surface area contributed by atoms with E-state index in [1.165, 1.54) is 0 Å². The van der Waals surface area contributed by atoms with Crippen LogP contribution in [0, 0.1) is 0 Å². The van der Waals surface area contributed by atoms with Gasteiger partial charge < -0.3 is 10.6 Å². The Kier molecular flexibility index (Phi) is 4.12. The monoisotopic (exact) mass is 294 g/mol. The summed E-state index contributed by atoms with van der Waals surface area (Å²) in [4.78, 5) is 15.3. The molecule has 1 heterocycles. The average molecular weight is 295 g/mol. The van der Waals surface area contributed by atoms with Crippen LogP contribution in [0.1, 0.15) is 28.2 Å². The number of hydrogen-bond donors (Lipinski definition) is 1. The molecule has 2 N–H and O–H groups in total. The molecule has 5 heteroatoms. The highest BCUT2D eigenvalue weighted by Crippen LogP contribution is 2.28. The summed E-state index contributed by atoms with van der Waals surface area (Å²) in [6, 6.07) is 9.06. The third-order valence-electron chi connectivity index (χ3n) is 3.12. The summed E-state index contributed by atoms with van der Waals surface area (Å²) < 4.78 is 0. The van der Waals surface area contributed by atoms with E-state index in [1.807, 2.05) is 24.4 Å². The van der Waals surface area contributed by atoms with Gasteiger partial charge in [0.1, 0.15) is 0 Å². The Balaban J connectivity index is 2.29. The maximum Gasteiger partial charge on any atom is 0.257 e. The van der Waals surface area contributed by atoms with E-state index in [1.54, 1.807) is 41.5 Å². The van der Waals surface area contributed by atoms with Crippen molar-refractivity contribution in [2.45, 2.75) is 13.0 Å². The molecule has 19 heavy (non-hydrogen) atoms. The lowest BCUT2D eigenvalue weighted by Crippen LogP contribution is -2.30. The number of amides is 1. The van der Waals surface area contributed by atoms with Crippen LogP contribution in [0.15, 0.2) is 35.7 Å². The zero-order valence-electron chi connectivity index (χ0n) is 10.8. The van der Waals surface area contributed by atoms with E-state index in [0.717, 1.165) is 4.88 Å². The van der Waals surface area contributed by atoms with Crippen molar-refractivity contribution < 1.29 is 4.79 Å². The predicted molar refractivity (Wildman–Crippen MR) is 80.7 cm³/mol. The van der Waals surface area contributed by atoms with E-state index >= 15 is 0 Å². The fourth-order valence-electron chi connectivity index (χ4n) is 1.84. The highest BCUT2D eigenvalue weighted by atomic mass is 35.5. The molecule has 1 aromatic heterocycles. The predicted octanol–water partition coefficient (Wildman–Crippen LogP) is 3.82. The highest BCUT2D eigenvalue weighted by Gasteiger charge is 2.23. The van der Waals surface area contributed by atoms with Crippen LogP contribution in [0.2, 0.25) is 5.02 Å². The van der Waals surface area contributed by atoms with Crippen molar-refractivity contribution in [2.24, 2.45) is 0 Å². The molecule has 0 bridgehead atoms. The number of nitrogen functional groups attached to an aromatic ring is 1. The normalized spacial score (nSPS) is 12.2. The van der Waals surface area contributed by atoms with Gasteiger partial charge in [-0.2, -0.15) is 0 Å². The molecule has 1 amide bonds. The Bertz CT molecular complexity index is 563. The first kappa shape index (κ1) is 13.9. The first-order valence-electron chi connectivity index (χ1n) is 5.87. The summed E-state index contributed by atoms with van der Waals surface area (Å²) in [7, 11) is 1.76. The van der Waals surface area contributed by atoms with Crippen molar-refractivity contribution in [3.05, 3.63) is 51.2 Å². The first-order valence-corrected chi connectivity index (χ1v) is 7.12.